The molecule has 0 bridgehead atoms. The zero-order chi connectivity index (χ0) is 19.5. The van der Waals surface area contributed by atoms with Crippen molar-refractivity contribution in [2.45, 2.75) is 57.4 Å². The van der Waals surface area contributed by atoms with Crippen LogP contribution in [0.4, 0.5) is 4.79 Å². The highest BCUT2D eigenvalue weighted by atomic mass is 32.1. The Morgan fingerprint density at radius 2 is 1.84 bits per heavy atom. The number of aliphatic carboxylic acids is 1. The lowest BCUT2D eigenvalue weighted by atomic mass is 10.0. The predicted octanol–water partition coefficient (Wildman–Crippen LogP) is 0.963. The standard InChI is InChI=1S/C16H27N3O5S/c1-9(2)8-10(13(21)22)17-12(20)11(25)6-7-19-14(23)16(3,4)18(5)15(19)24/h9-11,25H,6-8H2,1-5H3,(H,17,20)(H,21,22). The van der Waals surface area contributed by atoms with Crippen LogP contribution < -0.4 is 5.32 Å². The average Bonchev–Trinajstić information content (AvgIpc) is 2.64. The van der Waals surface area contributed by atoms with Crippen molar-refractivity contribution in [1.29, 1.82) is 0 Å². The van der Waals surface area contributed by atoms with Crippen LogP contribution in [0.25, 0.3) is 0 Å². The van der Waals surface area contributed by atoms with Gasteiger partial charge in [0.25, 0.3) is 5.91 Å². The Kier molecular flexibility index (Phi) is 6.87. The van der Waals surface area contributed by atoms with Crippen molar-refractivity contribution in [3.63, 3.8) is 0 Å². The van der Waals surface area contributed by atoms with E-state index in [-0.39, 0.29) is 24.8 Å². The Balaban J connectivity index is 2.63. The molecule has 25 heavy (non-hydrogen) atoms. The molecule has 2 N–H and O–H groups in total. The van der Waals surface area contributed by atoms with Gasteiger partial charge in [-0.1, -0.05) is 13.8 Å². The number of thiol groups is 1. The van der Waals surface area contributed by atoms with Gasteiger partial charge in [0, 0.05) is 13.6 Å². The van der Waals surface area contributed by atoms with Crippen LogP contribution in [-0.2, 0) is 14.4 Å². The second-order valence-corrected chi connectivity index (χ2v) is 7.81. The molecule has 4 amide bonds. The highest BCUT2D eigenvalue weighted by Gasteiger charge is 2.49. The molecule has 2 unspecified atom stereocenters. The molecule has 0 aliphatic carbocycles. The van der Waals surface area contributed by atoms with E-state index in [0.29, 0.717) is 6.42 Å². The number of nitrogens with zero attached hydrogens (tertiary/aromatic N) is 2. The third kappa shape index (κ3) is 4.87. The fraction of sp³-hybridized carbons (Fsp3) is 0.750. The summed E-state index contributed by atoms with van der Waals surface area (Å²) in [5, 5.41) is 10.8. The molecule has 0 aromatic heterocycles. The van der Waals surface area contributed by atoms with Gasteiger partial charge in [-0.25, -0.2) is 9.59 Å². The van der Waals surface area contributed by atoms with Crippen LogP contribution in [0.3, 0.4) is 0 Å². The number of carbonyl (C=O) groups excluding carboxylic acids is 3. The molecule has 1 rings (SSSR count). The van der Waals surface area contributed by atoms with Gasteiger partial charge in [0.2, 0.25) is 5.91 Å². The highest BCUT2D eigenvalue weighted by Crippen LogP contribution is 2.26. The molecule has 142 valence electrons. The first-order valence-electron chi connectivity index (χ1n) is 8.20. The minimum Gasteiger partial charge on any atom is -0.480 e. The number of nitrogens with one attached hydrogen (secondary N) is 1. The van der Waals surface area contributed by atoms with Crippen molar-refractivity contribution in [2.24, 2.45) is 5.92 Å². The number of carbonyl (C=O) groups is 4. The molecule has 0 spiro atoms. The Morgan fingerprint density at radius 3 is 2.24 bits per heavy atom. The zero-order valence-corrected chi connectivity index (χ0v) is 16.2. The Morgan fingerprint density at radius 1 is 1.28 bits per heavy atom. The van der Waals surface area contributed by atoms with E-state index in [2.05, 4.69) is 17.9 Å². The van der Waals surface area contributed by atoms with E-state index >= 15 is 0 Å². The fourth-order valence-corrected chi connectivity index (χ4v) is 2.71. The number of likely N-dealkylation sites (N-methyl/N-ethyl adjacent to an activating group) is 1. The number of hydrogen-bond donors (Lipinski definition) is 3. The van der Waals surface area contributed by atoms with E-state index in [0.717, 1.165) is 4.90 Å². The van der Waals surface area contributed by atoms with E-state index in [1.807, 2.05) is 13.8 Å². The summed E-state index contributed by atoms with van der Waals surface area (Å²) in [5.74, 6) is -1.85. The monoisotopic (exact) mass is 373 g/mol. The lowest BCUT2D eigenvalue weighted by Crippen LogP contribution is -2.45. The van der Waals surface area contributed by atoms with Crippen LogP contribution in [0.5, 0.6) is 0 Å². The molecule has 1 fully saturated rings. The third-order valence-corrected chi connectivity index (χ3v) is 4.87. The summed E-state index contributed by atoms with van der Waals surface area (Å²) in [6.07, 6.45) is 0.452. The first kappa shape index (κ1) is 21.3. The molecular formula is C16H27N3O5S. The predicted molar refractivity (Wildman–Crippen MR) is 95.4 cm³/mol. The largest absolute Gasteiger partial charge is 0.480 e. The van der Waals surface area contributed by atoms with Gasteiger partial charge in [0.1, 0.15) is 11.6 Å². The topological polar surface area (TPSA) is 107 Å². The first-order valence-corrected chi connectivity index (χ1v) is 8.72. The number of carboxylic acid groups (broad SMARTS) is 1. The molecule has 0 radical (unpaired) electrons. The van der Waals surface area contributed by atoms with Gasteiger partial charge in [-0.2, -0.15) is 12.6 Å². The maximum atomic E-state index is 12.3. The fourth-order valence-electron chi connectivity index (χ4n) is 2.52. The summed E-state index contributed by atoms with van der Waals surface area (Å²) in [4.78, 5) is 50.2. The maximum absolute atomic E-state index is 12.3. The molecule has 0 aromatic carbocycles. The summed E-state index contributed by atoms with van der Waals surface area (Å²) < 4.78 is 0. The van der Waals surface area contributed by atoms with Crippen molar-refractivity contribution in [2.75, 3.05) is 13.6 Å². The van der Waals surface area contributed by atoms with Crippen molar-refractivity contribution < 1.29 is 24.3 Å². The second-order valence-electron chi connectivity index (χ2n) is 7.19. The van der Waals surface area contributed by atoms with E-state index in [4.69, 9.17) is 5.11 Å². The molecule has 1 aliphatic rings. The summed E-state index contributed by atoms with van der Waals surface area (Å²) >= 11 is 4.19. The Bertz CT molecular complexity index is 564. The molecule has 8 nitrogen and oxygen atoms in total. The van der Waals surface area contributed by atoms with Crippen molar-refractivity contribution in [3.8, 4) is 0 Å². The van der Waals surface area contributed by atoms with Crippen LogP contribution in [0.15, 0.2) is 0 Å². The molecule has 0 aromatic rings. The number of rotatable bonds is 8. The van der Waals surface area contributed by atoms with Crippen molar-refractivity contribution >= 4 is 36.4 Å². The summed E-state index contributed by atoms with van der Waals surface area (Å²) in [5.41, 5.74) is -0.920. The van der Waals surface area contributed by atoms with E-state index in [1.165, 1.54) is 4.90 Å². The summed E-state index contributed by atoms with van der Waals surface area (Å²) in [6.45, 7) is 7.09. The molecule has 2 atom stereocenters. The van der Waals surface area contributed by atoms with Crippen LogP contribution in [-0.4, -0.2) is 69.1 Å². The quantitative estimate of drug-likeness (QED) is 0.434. The lowest BCUT2D eigenvalue weighted by molar-refractivity contribution is -0.142. The number of imide groups is 1. The van der Waals surface area contributed by atoms with Crippen molar-refractivity contribution in [1.82, 2.24) is 15.1 Å². The first-order chi connectivity index (χ1) is 11.4. The van der Waals surface area contributed by atoms with E-state index in [1.54, 1.807) is 20.9 Å². The molecule has 1 heterocycles. The third-order valence-electron chi connectivity index (χ3n) is 4.38. The minimum absolute atomic E-state index is 0.0505. The van der Waals surface area contributed by atoms with Crippen LogP contribution in [0, 0.1) is 5.92 Å². The SMILES string of the molecule is CC(C)CC(NC(=O)C(S)CCN1C(=O)N(C)C(C)(C)C1=O)C(=O)O. The Labute approximate surface area is 153 Å². The zero-order valence-electron chi connectivity index (χ0n) is 15.3. The molecule has 0 saturated carbocycles. The van der Waals surface area contributed by atoms with Gasteiger partial charge in [0.15, 0.2) is 0 Å². The van der Waals surface area contributed by atoms with Gasteiger partial charge in [-0.15, -0.1) is 0 Å². The number of amides is 4. The number of urea groups is 1. The van der Waals surface area contributed by atoms with E-state index < -0.39 is 34.7 Å². The minimum atomic E-state index is -1.10. The van der Waals surface area contributed by atoms with Crippen LogP contribution in [0.2, 0.25) is 0 Å². The lowest BCUT2D eigenvalue weighted by Gasteiger charge is -2.22. The average molecular weight is 373 g/mol. The van der Waals surface area contributed by atoms with E-state index in [9.17, 15) is 19.2 Å². The number of carboxylic acids is 1. The van der Waals surface area contributed by atoms with Gasteiger partial charge in [-0.05, 0) is 32.6 Å². The number of hydrogen-bond acceptors (Lipinski definition) is 5. The Hall–Kier alpha value is -1.77. The van der Waals surface area contributed by atoms with Gasteiger partial charge in [-0.3, -0.25) is 14.5 Å². The molecule has 1 aliphatic heterocycles. The summed E-state index contributed by atoms with van der Waals surface area (Å²) in [7, 11) is 1.55. The smallest absolute Gasteiger partial charge is 0.327 e. The molecule has 1 saturated heterocycles. The van der Waals surface area contributed by atoms with Crippen molar-refractivity contribution in [3.05, 3.63) is 0 Å². The molecular weight excluding hydrogens is 346 g/mol. The normalized spacial score (nSPS) is 19.3. The van der Waals surface area contributed by atoms with Gasteiger partial charge < -0.3 is 15.3 Å². The van der Waals surface area contributed by atoms with Gasteiger partial charge in [0.05, 0.1) is 5.25 Å². The summed E-state index contributed by atoms with van der Waals surface area (Å²) in [6, 6.07) is -1.40. The van der Waals surface area contributed by atoms with Crippen LogP contribution in [0.1, 0.15) is 40.5 Å². The second kappa shape index (κ2) is 8.07. The van der Waals surface area contributed by atoms with Gasteiger partial charge >= 0.3 is 12.0 Å². The maximum Gasteiger partial charge on any atom is 0.327 e. The van der Waals surface area contributed by atoms with Crippen LogP contribution >= 0.6 is 12.6 Å². The molecule has 9 heteroatoms. The highest BCUT2D eigenvalue weighted by molar-refractivity contribution is 7.81.